The van der Waals surface area contributed by atoms with Crippen molar-refractivity contribution in [3.05, 3.63) is 11.9 Å². The second-order valence-corrected chi connectivity index (χ2v) is 5.09. The fraction of sp³-hybridized carbons (Fsp3) is 0.692. The summed E-state index contributed by atoms with van der Waals surface area (Å²) in [6.45, 7) is 0. The van der Waals surface area contributed by atoms with E-state index in [1.807, 2.05) is 4.90 Å². The van der Waals surface area contributed by atoms with Crippen LogP contribution in [0.25, 0.3) is 0 Å². The van der Waals surface area contributed by atoms with Crippen LogP contribution in [0.15, 0.2) is 6.07 Å². The standard InChI is InChI=1S/C13H19F3N4/c1-17-10-8-11(19-12(18-10)13(14,15)16)20(2)9-6-4-3-5-7-9/h8-9H,3-7H2,1-2H3,(H,17,18,19). The zero-order chi connectivity index (χ0) is 14.8. The van der Waals surface area contributed by atoms with E-state index in [1.54, 1.807) is 20.2 Å². The minimum Gasteiger partial charge on any atom is -0.373 e. The van der Waals surface area contributed by atoms with Gasteiger partial charge in [0.15, 0.2) is 0 Å². The Labute approximate surface area is 116 Å². The van der Waals surface area contributed by atoms with Gasteiger partial charge in [-0.3, -0.25) is 0 Å². The Bertz CT molecular complexity index is 455. The highest BCUT2D eigenvalue weighted by atomic mass is 19.4. The molecule has 112 valence electrons. The first kappa shape index (κ1) is 14.9. The molecule has 1 N–H and O–H groups in total. The number of hydrogen-bond acceptors (Lipinski definition) is 4. The zero-order valence-corrected chi connectivity index (χ0v) is 11.7. The van der Waals surface area contributed by atoms with Crippen molar-refractivity contribution in [1.82, 2.24) is 9.97 Å². The second kappa shape index (κ2) is 5.85. The van der Waals surface area contributed by atoms with E-state index >= 15 is 0 Å². The van der Waals surface area contributed by atoms with Crippen molar-refractivity contribution in [3.63, 3.8) is 0 Å². The lowest BCUT2D eigenvalue weighted by Crippen LogP contribution is -2.34. The van der Waals surface area contributed by atoms with Gasteiger partial charge in [0.1, 0.15) is 11.6 Å². The monoisotopic (exact) mass is 288 g/mol. The summed E-state index contributed by atoms with van der Waals surface area (Å²) in [6.07, 6.45) is 0.891. The van der Waals surface area contributed by atoms with Gasteiger partial charge in [-0.2, -0.15) is 13.2 Å². The van der Waals surface area contributed by atoms with E-state index in [0.717, 1.165) is 25.7 Å². The molecule has 1 saturated carbocycles. The molecule has 1 fully saturated rings. The molecule has 2 rings (SSSR count). The highest BCUT2D eigenvalue weighted by Gasteiger charge is 2.36. The van der Waals surface area contributed by atoms with Gasteiger partial charge >= 0.3 is 6.18 Å². The quantitative estimate of drug-likeness (QED) is 0.926. The molecule has 0 atom stereocenters. The average Bonchev–Trinajstić information content (AvgIpc) is 2.46. The van der Waals surface area contributed by atoms with Gasteiger partial charge in [0.25, 0.3) is 0 Å². The smallest absolute Gasteiger partial charge is 0.373 e. The van der Waals surface area contributed by atoms with Gasteiger partial charge in [-0.1, -0.05) is 19.3 Å². The highest BCUT2D eigenvalue weighted by Crippen LogP contribution is 2.31. The molecule has 0 bridgehead atoms. The van der Waals surface area contributed by atoms with Crippen LogP contribution >= 0.6 is 0 Å². The zero-order valence-electron chi connectivity index (χ0n) is 11.7. The number of halogens is 3. The van der Waals surface area contributed by atoms with E-state index < -0.39 is 12.0 Å². The predicted octanol–water partition coefficient (Wildman–Crippen LogP) is 3.31. The van der Waals surface area contributed by atoms with Crippen LogP contribution in [-0.4, -0.2) is 30.1 Å². The fourth-order valence-electron chi connectivity index (χ4n) is 2.53. The molecule has 1 heterocycles. The number of aromatic nitrogens is 2. The molecule has 0 amide bonds. The third-order valence-electron chi connectivity index (χ3n) is 3.71. The van der Waals surface area contributed by atoms with Crippen molar-refractivity contribution in [1.29, 1.82) is 0 Å². The molecule has 1 aliphatic rings. The van der Waals surface area contributed by atoms with Crippen LogP contribution in [0, 0.1) is 0 Å². The summed E-state index contributed by atoms with van der Waals surface area (Å²) in [4.78, 5) is 9.00. The molecular formula is C13H19F3N4. The number of hydrogen-bond donors (Lipinski definition) is 1. The lowest BCUT2D eigenvalue weighted by molar-refractivity contribution is -0.144. The first-order chi connectivity index (χ1) is 9.41. The predicted molar refractivity (Wildman–Crippen MR) is 71.9 cm³/mol. The molecule has 0 saturated heterocycles. The van der Waals surface area contributed by atoms with Gasteiger partial charge in [0.05, 0.1) is 0 Å². The average molecular weight is 288 g/mol. The third kappa shape index (κ3) is 3.32. The lowest BCUT2D eigenvalue weighted by atomic mass is 9.94. The number of anilines is 2. The third-order valence-corrected chi connectivity index (χ3v) is 3.71. The molecule has 1 aromatic heterocycles. The van der Waals surface area contributed by atoms with Gasteiger partial charge in [0.2, 0.25) is 5.82 Å². The summed E-state index contributed by atoms with van der Waals surface area (Å²) >= 11 is 0. The summed E-state index contributed by atoms with van der Waals surface area (Å²) in [6, 6.07) is 1.81. The van der Waals surface area contributed by atoms with Gasteiger partial charge in [-0.15, -0.1) is 0 Å². The molecule has 4 nitrogen and oxygen atoms in total. The van der Waals surface area contributed by atoms with Crippen molar-refractivity contribution in [2.75, 3.05) is 24.3 Å². The molecule has 1 aromatic rings. The number of nitrogens with zero attached hydrogens (tertiary/aromatic N) is 3. The Morgan fingerprint density at radius 3 is 2.40 bits per heavy atom. The van der Waals surface area contributed by atoms with E-state index in [0.29, 0.717) is 5.82 Å². The molecule has 0 aliphatic heterocycles. The molecule has 20 heavy (non-hydrogen) atoms. The van der Waals surface area contributed by atoms with E-state index in [9.17, 15) is 13.2 Å². The normalized spacial score (nSPS) is 17.1. The SMILES string of the molecule is CNc1cc(N(C)C2CCCCC2)nc(C(F)(F)F)n1. The summed E-state index contributed by atoms with van der Waals surface area (Å²) in [7, 11) is 3.35. The maximum Gasteiger partial charge on any atom is 0.451 e. The van der Waals surface area contributed by atoms with Gasteiger partial charge in [-0.05, 0) is 12.8 Å². The Morgan fingerprint density at radius 1 is 1.20 bits per heavy atom. The summed E-state index contributed by atoms with van der Waals surface area (Å²) in [5.74, 6) is -0.587. The van der Waals surface area contributed by atoms with Crippen LogP contribution in [0.5, 0.6) is 0 Å². The molecule has 0 aromatic carbocycles. The number of nitrogens with one attached hydrogen (secondary N) is 1. The highest BCUT2D eigenvalue weighted by molar-refractivity contribution is 5.49. The summed E-state index contributed by atoms with van der Waals surface area (Å²) < 4.78 is 38.5. The summed E-state index contributed by atoms with van der Waals surface area (Å²) in [5, 5.41) is 2.66. The minimum absolute atomic E-state index is 0.185. The Morgan fingerprint density at radius 2 is 1.85 bits per heavy atom. The van der Waals surface area contributed by atoms with Crippen LogP contribution in [0.2, 0.25) is 0 Å². The Kier molecular flexibility index (Phi) is 4.35. The Hall–Kier alpha value is -1.53. The molecular weight excluding hydrogens is 269 g/mol. The van der Waals surface area contributed by atoms with Crippen LogP contribution in [0.3, 0.4) is 0 Å². The van der Waals surface area contributed by atoms with Crippen LogP contribution in [0.4, 0.5) is 24.8 Å². The number of alkyl halides is 3. The van der Waals surface area contributed by atoms with Crippen molar-refractivity contribution >= 4 is 11.6 Å². The van der Waals surface area contributed by atoms with E-state index in [1.165, 1.54) is 6.42 Å². The maximum absolute atomic E-state index is 12.8. The number of rotatable bonds is 3. The van der Waals surface area contributed by atoms with Gasteiger partial charge in [0, 0.05) is 26.2 Å². The van der Waals surface area contributed by atoms with E-state index in [-0.39, 0.29) is 11.9 Å². The van der Waals surface area contributed by atoms with Crippen molar-refractivity contribution in [2.45, 2.75) is 44.3 Å². The van der Waals surface area contributed by atoms with Crippen molar-refractivity contribution in [2.24, 2.45) is 0 Å². The maximum atomic E-state index is 12.8. The molecule has 0 radical (unpaired) electrons. The summed E-state index contributed by atoms with van der Waals surface area (Å²) in [5.41, 5.74) is 0. The van der Waals surface area contributed by atoms with Crippen molar-refractivity contribution < 1.29 is 13.2 Å². The fourth-order valence-corrected chi connectivity index (χ4v) is 2.53. The van der Waals surface area contributed by atoms with E-state index in [4.69, 9.17) is 0 Å². The molecule has 0 unspecified atom stereocenters. The first-order valence-corrected chi connectivity index (χ1v) is 6.78. The van der Waals surface area contributed by atoms with Crippen LogP contribution < -0.4 is 10.2 Å². The first-order valence-electron chi connectivity index (χ1n) is 6.78. The molecule has 0 spiro atoms. The molecule has 7 heteroatoms. The second-order valence-electron chi connectivity index (χ2n) is 5.09. The van der Waals surface area contributed by atoms with Gasteiger partial charge in [-0.25, -0.2) is 9.97 Å². The van der Waals surface area contributed by atoms with Crippen LogP contribution in [0.1, 0.15) is 37.9 Å². The minimum atomic E-state index is -4.53. The van der Waals surface area contributed by atoms with Gasteiger partial charge < -0.3 is 10.2 Å². The molecule has 1 aliphatic carbocycles. The van der Waals surface area contributed by atoms with E-state index in [2.05, 4.69) is 15.3 Å². The topological polar surface area (TPSA) is 41.0 Å². The van der Waals surface area contributed by atoms with Crippen LogP contribution in [-0.2, 0) is 6.18 Å². The van der Waals surface area contributed by atoms with Crippen molar-refractivity contribution in [3.8, 4) is 0 Å². The Balaban J connectivity index is 2.29. The largest absolute Gasteiger partial charge is 0.451 e. The lowest BCUT2D eigenvalue weighted by Gasteiger charge is -2.32.